The number of allylic oxidation sites excluding steroid dienone is 3. The van der Waals surface area contributed by atoms with Gasteiger partial charge in [-0.2, -0.15) is 5.48 Å². The molecule has 0 radical (unpaired) electrons. The van der Waals surface area contributed by atoms with Crippen LogP contribution < -0.4 is 30.3 Å². The van der Waals surface area contributed by atoms with Gasteiger partial charge in [-0.25, -0.2) is 9.59 Å². The third-order valence-corrected chi connectivity index (χ3v) is 20.9. The molecule has 4 saturated heterocycles. The van der Waals surface area contributed by atoms with E-state index in [-0.39, 0.29) is 76.5 Å². The van der Waals surface area contributed by atoms with Gasteiger partial charge in [0.25, 0.3) is 0 Å². The van der Waals surface area contributed by atoms with Crippen molar-refractivity contribution in [3.8, 4) is 40.9 Å². The number of Topliss-reactive ketones (excluding diaryl/α,β-unsaturated/α-hetero) is 1. The van der Waals surface area contributed by atoms with Crippen molar-refractivity contribution in [3.05, 3.63) is 79.6 Å². The summed E-state index contributed by atoms with van der Waals surface area (Å²) in [4.78, 5) is 60.5. The third kappa shape index (κ3) is 16.6. The molecule has 4 fully saturated rings. The Kier molecular flexibility index (Phi) is 26.0. The number of nitrogens with one attached hydrogen (secondary N) is 3. The van der Waals surface area contributed by atoms with E-state index >= 15 is 0 Å². The summed E-state index contributed by atoms with van der Waals surface area (Å²) in [5.74, 6) is 9.72. The minimum Gasteiger partial charge on any atom is -0.492 e. The van der Waals surface area contributed by atoms with Crippen LogP contribution in [0.15, 0.2) is 64.2 Å². The lowest BCUT2D eigenvalue weighted by Gasteiger charge is -2.46. The Hall–Kier alpha value is -4.60. The monoisotopic (exact) mass is 1440 g/mol. The lowest BCUT2D eigenvalue weighted by molar-refractivity contribution is -0.336. The van der Waals surface area contributed by atoms with Gasteiger partial charge in [0.15, 0.2) is 41.8 Å². The van der Waals surface area contributed by atoms with Crippen LogP contribution in [0.1, 0.15) is 73.2 Å². The number of alkyl carbamates (subject to hydrolysis) is 1. The number of aromatic carboxylic acids is 1. The van der Waals surface area contributed by atoms with E-state index in [1.165, 1.54) is 50.3 Å². The summed E-state index contributed by atoms with van der Waals surface area (Å²) in [7, 11) is 9.09. The highest BCUT2D eigenvalue weighted by Gasteiger charge is 2.52. The second-order valence-electron chi connectivity index (χ2n) is 21.7. The Morgan fingerprint density at radius 1 is 0.857 bits per heavy atom. The van der Waals surface area contributed by atoms with Crippen LogP contribution in [0.2, 0.25) is 0 Å². The van der Waals surface area contributed by atoms with Crippen molar-refractivity contribution >= 4 is 78.9 Å². The molecule has 0 spiro atoms. The Morgan fingerprint density at radius 2 is 1.58 bits per heavy atom. The predicted octanol–water partition coefficient (Wildman–Crippen LogP) is 3.68. The summed E-state index contributed by atoms with van der Waals surface area (Å²) >= 11 is 2.80. The third-order valence-electron chi connectivity index (χ3n) is 15.9. The highest BCUT2D eigenvalue weighted by Crippen LogP contribution is 2.49. The number of benzene rings is 2. The zero-order valence-electron chi connectivity index (χ0n) is 51.4. The average Bonchev–Trinajstić information content (AvgIpc) is 0.772. The van der Waals surface area contributed by atoms with Crippen LogP contribution in [0, 0.1) is 34.2 Å². The number of carboxylic acid groups (broad SMARTS) is 1. The van der Waals surface area contributed by atoms with Crippen molar-refractivity contribution in [2.75, 3.05) is 54.5 Å². The molecular formula is C61H76IN3O23S3. The topological polar surface area (TPSA) is 346 Å². The van der Waals surface area contributed by atoms with E-state index in [0.29, 0.717) is 20.6 Å². The number of hydroxylamine groups is 1. The first-order valence-corrected chi connectivity index (χ1v) is 33.3. The van der Waals surface area contributed by atoms with E-state index in [1.807, 2.05) is 29.5 Å². The Labute approximate surface area is 552 Å². The number of carboxylic acids is 1. The average molecular weight is 1440 g/mol. The molecule has 4 heterocycles. The molecule has 2 aromatic carbocycles. The number of thioether (sulfide) groups is 1. The summed E-state index contributed by atoms with van der Waals surface area (Å²) in [6.07, 6.45) is -14.8. The van der Waals surface area contributed by atoms with Crippen molar-refractivity contribution in [2.24, 2.45) is 0 Å². The number of amides is 1. The van der Waals surface area contributed by atoms with Gasteiger partial charge >= 0.3 is 12.1 Å². The molecule has 498 valence electrons. The zero-order chi connectivity index (χ0) is 66.0. The lowest BCUT2D eigenvalue weighted by atomic mass is 9.75. The number of fused-ring (bicyclic) bond motifs is 2. The molecule has 91 heavy (non-hydrogen) atoms. The summed E-state index contributed by atoms with van der Waals surface area (Å²) in [5, 5.41) is 72.8. The summed E-state index contributed by atoms with van der Waals surface area (Å²) in [6.45, 7) is 9.26. The second-order valence-corrected chi connectivity index (χ2v) is 26.3. The second kappa shape index (κ2) is 32.7. The largest absolute Gasteiger partial charge is 0.492 e. The first kappa shape index (κ1) is 72.2. The van der Waals surface area contributed by atoms with Crippen molar-refractivity contribution in [1.82, 2.24) is 16.1 Å². The maximum atomic E-state index is 14.5. The molecule has 4 aliphatic heterocycles. The molecule has 0 unspecified atom stereocenters. The Bertz CT molecular complexity index is 3180. The van der Waals surface area contributed by atoms with Gasteiger partial charge < -0.3 is 92.8 Å². The van der Waals surface area contributed by atoms with Gasteiger partial charge in [-0.3, -0.25) is 19.7 Å². The molecule has 2 aliphatic carbocycles. The Morgan fingerprint density at radius 3 is 2.26 bits per heavy atom. The molecule has 9 N–H and O–H groups in total. The number of ether oxygens (including phenoxy) is 12. The van der Waals surface area contributed by atoms with Crippen LogP contribution in [0.5, 0.6) is 17.2 Å². The predicted molar refractivity (Wildman–Crippen MR) is 338 cm³/mol. The molecule has 8 rings (SSSR count). The molecule has 0 aromatic heterocycles. The molecule has 19 atom stereocenters. The van der Waals surface area contributed by atoms with Gasteiger partial charge in [0.05, 0.1) is 103 Å². The molecule has 26 nitrogen and oxygen atoms in total. The van der Waals surface area contributed by atoms with Gasteiger partial charge in [0, 0.05) is 48.9 Å². The van der Waals surface area contributed by atoms with Crippen LogP contribution >= 0.6 is 55.9 Å². The number of methoxy groups -OCH3 is 5. The molecule has 2 bridgehead atoms. The fourth-order valence-electron chi connectivity index (χ4n) is 11.2. The SMILES string of the molecule is CCN[C@H]1CO[C@@H](O[C@H]2[C@H](O[C@H]3C#C/C=C/C#C[C@]4(O)CC(=O)C(NC(=O)OC)=C3/C4=C\CSSc3ccccc3C(=O)O)O[C@H](C)[C@@H](NO[C@H]3C[C@H](O)[C@H](SC(=O)c4c(C)c(I)c(O[C@@H]5O[C@@H](C)[C@H](O)[C@@H](OC)[C@H]5O)c(OC)c4OC)[C@@H](C)O3)[C@@H]2O)C[C@@H]1OC. The van der Waals surface area contributed by atoms with Gasteiger partial charge in [-0.1, -0.05) is 82.2 Å². The Balaban J connectivity index is 1.03. The van der Waals surface area contributed by atoms with Gasteiger partial charge in [0.2, 0.25) is 17.2 Å². The van der Waals surface area contributed by atoms with E-state index in [2.05, 4.69) is 39.8 Å². The van der Waals surface area contributed by atoms with E-state index in [9.17, 15) is 49.8 Å². The number of ketones is 1. The van der Waals surface area contributed by atoms with Gasteiger partial charge in [-0.15, -0.1) is 0 Å². The number of halogens is 1. The highest BCUT2D eigenvalue weighted by molar-refractivity contribution is 14.1. The number of rotatable bonds is 23. The fourth-order valence-corrected chi connectivity index (χ4v) is 15.0. The first-order valence-electron chi connectivity index (χ1n) is 29.0. The van der Waals surface area contributed by atoms with Crippen LogP contribution in [0.3, 0.4) is 0 Å². The summed E-state index contributed by atoms with van der Waals surface area (Å²) in [6, 6.07) is 5.07. The minimum absolute atomic E-state index is 0.0111. The number of carbonyl (C=O) groups excluding carboxylic acids is 3. The lowest BCUT2D eigenvalue weighted by Crippen LogP contribution is -2.65. The quantitative estimate of drug-likeness (QED) is 0.0252. The van der Waals surface area contributed by atoms with Crippen LogP contribution in [0.4, 0.5) is 4.79 Å². The number of aliphatic hydroxyl groups is 5. The maximum Gasteiger partial charge on any atom is 0.411 e. The fraction of sp³-hybridized carbons (Fsp3) is 0.574. The number of carbonyl (C=O) groups is 4. The first-order chi connectivity index (χ1) is 43.5. The summed E-state index contributed by atoms with van der Waals surface area (Å²) in [5.41, 5.74) is 0.864. The molecule has 0 saturated carbocycles. The number of likely N-dealkylation sites (N-methyl/N-ethyl adjacent to an activating group) is 1. The zero-order valence-corrected chi connectivity index (χ0v) is 56.0. The van der Waals surface area contributed by atoms with E-state index in [4.69, 9.17) is 61.7 Å². The molecule has 1 amide bonds. The van der Waals surface area contributed by atoms with Crippen molar-refractivity contribution in [1.29, 1.82) is 0 Å². The smallest absolute Gasteiger partial charge is 0.411 e. The number of hydrogen-bond donors (Lipinski definition) is 9. The van der Waals surface area contributed by atoms with Gasteiger partial charge in [0.1, 0.15) is 36.6 Å². The van der Waals surface area contributed by atoms with E-state index in [1.54, 1.807) is 59.1 Å². The highest BCUT2D eigenvalue weighted by atomic mass is 127. The maximum absolute atomic E-state index is 14.5. The van der Waals surface area contributed by atoms with Crippen molar-refractivity contribution in [2.45, 2.75) is 174 Å². The number of aliphatic hydroxyl groups excluding tert-OH is 4. The minimum atomic E-state index is -2.19. The van der Waals surface area contributed by atoms with Crippen LogP contribution in [-0.4, -0.2) is 223 Å². The molecular weight excluding hydrogens is 1370 g/mol. The standard InChI is InChI=1S/C61H76IN3O23S3/c1-11-63-34-27-81-40(25-38(34)76-6)86-53-48(69)45(65-88-41-24-35(66)55(31(5)82-41)90-57(73)42-28(2)44(62)51(54(79-9)50(42)77-7)87-58-49(70)52(78-8)47(68)30(4)84-58)29(3)83-59(53)85-37-19-14-12-13-17-22-61(75)26-36(67)46(64-60(74)80-10)43(37)33(61)21-23-89-91-39-20-16-15-18-32(39)56(71)72/h12-13,15-16,18,20-21,29-31,34-35,37-38,40-41,45,47-49,52-53,55,58-59,63,65-66,68-70,75H,11,23-27H2,1-10H3,(H,64,74)(H,71,72)/b13-12+,33-21+/t29-,30+,31-,34+,35+,37+,38+,40+,41+,45-,47+,48+,49-,52-,53-,55-,58+,59+,61+/m1/s1. The summed E-state index contributed by atoms with van der Waals surface area (Å²) < 4.78 is 72.6. The van der Waals surface area contributed by atoms with E-state index < -0.39 is 139 Å². The normalized spacial score (nSPS) is 34.0. The molecule has 6 aliphatic rings. The molecule has 30 heteroatoms. The van der Waals surface area contributed by atoms with Gasteiger partial charge in [-0.05, 0) is 86.7 Å². The number of hydrogen-bond acceptors (Lipinski definition) is 27. The van der Waals surface area contributed by atoms with E-state index in [0.717, 1.165) is 29.7 Å². The van der Waals surface area contributed by atoms with Crippen LogP contribution in [0.25, 0.3) is 0 Å². The van der Waals surface area contributed by atoms with Crippen LogP contribution in [-0.2, 0) is 52.3 Å². The van der Waals surface area contributed by atoms with Crippen molar-refractivity contribution in [3.63, 3.8) is 0 Å². The molecule has 2 aromatic rings. The van der Waals surface area contributed by atoms with Crippen molar-refractivity contribution < 1.29 is 111 Å².